The highest BCUT2D eigenvalue weighted by molar-refractivity contribution is 9.10. The lowest BCUT2D eigenvalue weighted by Crippen LogP contribution is -2.60. The zero-order valence-electron chi connectivity index (χ0n) is 15.4. The molecule has 0 aromatic heterocycles. The van der Waals surface area contributed by atoms with Gasteiger partial charge in [0, 0.05) is 0 Å². The molecule has 0 aliphatic carbocycles. The number of benzene rings is 2. The smallest absolute Gasteiger partial charge is 0.411 e. The van der Waals surface area contributed by atoms with Crippen molar-refractivity contribution in [1.82, 2.24) is 9.80 Å². The molecule has 0 radical (unpaired) electrons. The van der Waals surface area contributed by atoms with E-state index in [0.717, 1.165) is 11.1 Å². The van der Waals surface area contributed by atoms with E-state index in [2.05, 4.69) is 15.9 Å². The van der Waals surface area contributed by atoms with Crippen LogP contribution in [0, 0.1) is 0 Å². The standard InChI is InChI=1S/C21H23BrN2O3/c1-15(18-11-7-4-8-12-18)23-14-24(16(2)19(22)20(23)25)21(26)27-13-17-9-5-3-6-10-17/h3-12,15-16,19H,13-14H2,1-2H3/t15-,16+,19-/m0/s1. The Labute approximate surface area is 168 Å². The van der Waals surface area contributed by atoms with Gasteiger partial charge in [-0.3, -0.25) is 9.69 Å². The summed E-state index contributed by atoms with van der Waals surface area (Å²) in [4.78, 5) is 28.3. The fourth-order valence-electron chi connectivity index (χ4n) is 3.14. The van der Waals surface area contributed by atoms with Crippen molar-refractivity contribution in [3.63, 3.8) is 0 Å². The van der Waals surface area contributed by atoms with E-state index in [1.165, 1.54) is 0 Å². The Balaban J connectivity index is 1.72. The van der Waals surface area contributed by atoms with Gasteiger partial charge in [-0.1, -0.05) is 76.6 Å². The maximum atomic E-state index is 12.8. The lowest BCUT2D eigenvalue weighted by molar-refractivity contribution is -0.141. The summed E-state index contributed by atoms with van der Waals surface area (Å²) < 4.78 is 5.48. The molecule has 0 spiro atoms. The van der Waals surface area contributed by atoms with Gasteiger partial charge in [0.15, 0.2) is 0 Å². The number of nitrogens with zero attached hydrogens (tertiary/aromatic N) is 2. The Hall–Kier alpha value is -2.34. The first-order chi connectivity index (χ1) is 13.0. The number of hydrogen-bond acceptors (Lipinski definition) is 3. The Morgan fingerprint density at radius 2 is 1.74 bits per heavy atom. The minimum atomic E-state index is -0.471. The van der Waals surface area contributed by atoms with Crippen molar-refractivity contribution in [2.24, 2.45) is 0 Å². The van der Waals surface area contributed by atoms with Gasteiger partial charge < -0.3 is 9.64 Å². The number of amides is 2. The molecule has 142 valence electrons. The third kappa shape index (κ3) is 4.33. The van der Waals surface area contributed by atoms with Gasteiger partial charge in [0.1, 0.15) is 11.4 Å². The minimum Gasteiger partial charge on any atom is -0.444 e. The highest BCUT2D eigenvalue weighted by Gasteiger charge is 2.42. The first-order valence-electron chi connectivity index (χ1n) is 8.96. The molecule has 0 bridgehead atoms. The van der Waals surface area contributed by atoms with Crippen molar-refractivity contribution < 1.29 is 14.3 Å². The van der Waals surface area contributed by atoms with Crippen LogP contribution in [0.1, 0.15) is 31.0 Å². The van der Waals surface area contributed by atoms with Crippen molar-refractivity contribution in [2.75, 3.05) is 6.67 Å². The van der Waals surface area contributed by atoms with Gasteiger partial charge in [-0.25, -0.2) is 4.79 Å². The lowest BCUT2D eigenvalue weighted by Gasteiger charge is -2.44. The molecule has 0 N–H and O–H groups in total. The maximum absolute atomic E-state index is 12.8. The zero-order chi connectivity index (χ0) is 19.4. The maximum Gasteiger partial charge on any atom is 0.411 e. The van der Waals surface area contributed by atoms with E-state index in [4.69, 9.17) is 4.74 Å². The van der Waals surface area contributed by atoms with E-state index < -0.39 is 10.9 Å². The summed E-state index contributed by atoms with van der Waals surface area (Å²) >= 11 is 3.46. The Bertz CT molecular complexity index is 785. The second-order valence-electron chi connectivity index (χ2n) is 6.69. The highest BCUT2D eigenvalue weighted by Crippen LogP contribution is 2.29. The third-order valence-electron chi connectivity index (χ3n) is 4.93. The molecule has 1 fully saturated rings. The number of ether oxygens (including phenoxy) is 1. The zero-order valence-corrected chi connectivity index (χ0v) is 17.0. The van der Waals surface area contributed by atoms with Crippen LogP contribution >= 0.6 is 15.9 Å². The molecule has 2 aromatic rings. The van der Waals surface area contributed by atoms with Crippen LogP contribution in [-0.4, -0.2) is 39.3 Å². The third-order valence-corrected chi connectivity index (χ3v) is 6.08. The summed E-state index contributed by atoms with van der Waals surface area (Å²) in [6, 6.07) is 18.9. The Morgan fingerprint density at radius 1 is 1.15 bits per heavy atom. The molecule has 3 rings (SSSR count). The Morgan fingerprint density at radius 3 is 2.37 bits per heavy atom. The van der Waals surface area contributed by atoms with E-state index in [9.17, 15) is 9.59 Å². The fourth-order valence-corrected chi connectivity index (χ4v) is 3.68. The van der Waals surface area contributed by atoms with E-state index in [1.54, 1.807) is 9.80 Å². The van der Waals surface area contributed by atoms with Crippen molar-refractivity contribution in [3.05, 3.63) is 71.8 Å². The van der Waals surface area contributed by atoms with E-state index in [1.807, 2.05) is 74.5 Å². The number of carbonyl (C=O) groups is 2. The predicted molar refractivity (Wildman–Crippen MR) is 107 cm³/mol. The highest BCUT2D eigenvalue weighted by atomic mass is 79.9. The van der Waals surface area contributed by atoms with Gasteiger partial charge in [-0.2, -0.15) is 0 Å². The summed E-state index contributed by atoms with van der Waals surface area (Å²) in [5.41, 5.74) is 1.95. The number of rotatable bonds is 4. The Kier molecular flexibility index (Phi) is 6.16. The van der Waals surface area contributed by atoms with E-state index in [-0.39, 0.29) is 31.3 Å². The van der Waals surface area contributed by atoms with Crippen LogP contribution in [0.25, 0.3) is 0 Å². The molecule has 2 amide bonds. The second-order valence-corrected chi connectivity index (χ2v) is 7.67. The van der Waals surface area contributed by atoms with E-state index in [0.29, 0.717) is 0 Å². The summed E-state index contributed by atoms with van der Waals surface area (Å²) in [6.45, 7) is 4.23. The number of halogens is 1. The number of hydrogen-bond donors (Lipinski definition) is 0. The second kappa shape index (κ2) is 8.57. The monoisotopic (exact) mass is 430 g/mol. The van der Waals surface area contributed by atoms with Crippen molar-refractivity contribution in [1.29, 1.82) is 0 Å². The molecular formula is C21H23BrN2O3. The quantitative estimate of drug-likeness (QED) is 0.677. The SMILES string of the molecule is C[C@@H]1[C@H](Br)C(=O)N([C@@H](C)c2ccccc2)CN1C(=O)OCc1ccccc1. The van der Waals surface area contributed by atoms with Gasteiger partial charge in [0.2, 0.25) is 5.91 Å². The summed E-state index contributed by atoms with van der Waals surface area (Å²) in [5.74, 6) is -0.0223. The van der Waals surface area contributed by atoms with Gasteiger partial charge in [0.25, 0.3) is 0 Å². The molecule has 0 saturated carbocycles. The van der Waals surface area contributed by atoms with Crippen LogP contribution in [0.2, 0.25) is 0 Å². The van der Waals surface area contributed by atoms with Crippen LogP contribution < -0.4 is 0 Å². The topological polar surface area (TPSA) is 49.9 Å². The van der Waals surface area contributed by atoms with Gasteiger partial charge in [-0.05, 0) is 25.0 Å². The van der Waals surface area contributed by atoms with Crippen LogP contribution in [-0.2, 0) is 16.1 Å². The predicted octanol–water partition coefficient (Wildman–Crippen LogP) is 4.34. The first kappa shape index (κ1) is 19.4. The summed E-state index contributed by atoms with van der Waals surface area (Å²) in [6.07, 6.45) is -0.423. The van der Waals surface area contributed by atoms with Crippen LogP contribution in [0.15, 0.2) is 60.7 Å². The molecule has 1 aliphatic heterocycles. The average Bonchev–Trinajstić information content (AvgIpc) is 2.71. The molecule has 1 heterocycles. The molecule has 2 aromatic carbocycles. The molecule has 1 saturated heterocycles. The molecule has 27 heavy (non-hydrogen) atoms. The normalized spacial score (nSPS) is 21.1. The average molecular weight is 431 g/mol. The fraction of sp³-hybridized carbons (Fsp3) is 0.333. The van der Waals surface area contributed by atoms with Crippen molar-refractivity contribution in [2.45, 2.75) is 37.4 Å². The lowest BCUT2D eigenvalue weighted by atomic mass is 10.0. The van der Waals surface area contributed by atoms with Gasteiger partial charge in [-0.15, -0.1) is 0 Å². The van der Waals surface area contributed by atoms with Gasteiger partial charge >= 0.3 is 6.09 Å². The molecule has 6 heteroatoms. The van der Waals surface area contributed by atoms with Crippen LogP contribution in [0.4, 0.5) is 4.79 Å². The minimum absolute atomic E-state index is 0.0223. The summed E-state index contributed by atoms with van der Waals surface area (Å²) in [7, 11) is 0. The molecule has 1 aliphatic rings. The largest absolute Gasteiger partial charge is 0.444 e. The van der Waals surface area contributed by atoms with Crippen molar-refractivity contribution in [3.8, 4) is 0 Å². The first-order valence-corrected chi connectivity index (χ1v) is 9.87. The van der Waals surface area contributed by atoms with Crippen molar-refractivity contribution >= 4 is 27.9 Å². The molecule has 5 nitrogen and oxygen atoms in total. The van der Waals surface area contributed by atoms with E-state index >= 15 is 0 Å². The van der Waals surface area contributed by atoms with Gasteiger partial charge in [0.05, 0.1) is 18.8 Å². The number of carbonyl (C=O) groups excluding carboxylic acids is 2. The van der Waals surface area contributed by atoms with Crippen LogP contribution in [0.5, 0.6) is 0 Å². The molecule has 3 atom stereocenters. The van der Waals surface area contributed by atoms with Crippen LogP contribution in [0.3, 0.4) is 0 Å². The molecule has 0 unspecified atom stereocenters. The number of alkyl halides is 1. The summed E-state index contributed by atoms with van der Waals surface area (Å²) in [5, 5.41) is 0. The molecular weight excluding hydrogens is 408 g/mol.